The summed E-state index contributed by atoms with van der Waals surface area (Å²) >= 11 is 5.79. The van der Waals surface area contributed by atoms with Crippen molar-refractivity contribution in [2.45, 2.75) is 72.4 Å². The molecule has 54 heavy (non-hydrogen) atoms. The smallest absolute Gasteiger partial charge is 0.410 e. The van der Waals surface area contributed by atoms with E-state index in [2.05, 4.69) is 16.0 Å². The molecule has 2 aromatic rings. The van der Waals surface area contributed by atoms with Crippen LogP contribution in [0, 0.1) is 5.92 Å². The highest BCUT2D eigenvalue weighted by molar-refractivity contribution is 6.67. The number of benzene rings is 2. The molecule has 2 atom stereocenters. The van der Waals surface area contributed by atoms with E-state index in [0.29, 0.717) is 56.5 Å². The summed E-state index contributed by atoms with van der Waals surface area (Å²) in [7, 11) is 1.60. The van der Waals surface area contributed by atoms with Crippen molar-refractivity contribution in [3.8, 4) is 0 Å². The molecule has 0 aliphatic rings. The van der Waals surface area contributed by atoms with E-state index in [0.717, 1.165) is 0 Å². The molecule has 0 spiro atoms. The van der Waals surface area contributed by atoms with E-state index in [4.69, 9.17) is 40.0 Å². The van der Waals surface area contributed by atoms with Gasteiger partial charge in [-0.25, -0.2) is 9.59 Å². The van der Waals surface area contributed by atoms with Crippen LogP contribution < -0.4 is 16.0 Å². The minimum atomic E-state index is -0.924. The van der Waals surface area contributed by atoms with Crippen molar-refractivity contribution in [1.29, 1.82) is 0 Å². The number of nitrogens with one attached hydrogen (secondary N) is 3. The summed E-state index contributed by atoms with van der Waals surface area (Å²) < 4.78 is 32.3. The van der Waals surface area contributed by atoms with Gasteiger partial charge in [0.05, 0.1) is 46.2 Å². The van der Waals surface area contributed by atoms with Gasteiger partial charge in [-0.15, -0.1) is 0 Å². The average molecular weight is 779 g/mol. The number of rotatable bonds is 23. The van der Waals surface area contributed by atoms with Gasteiger partial charge in [0, 0.05) is 31.5 Å². The summed E-state index contributed by atoms with van der Waals surface area (Å²) in [5.41, 5.74) is 1.19. The maximum atomic E-state index is 13.3. The van der Waals surface area contributed by atoms with Crippen molar-refractivity contribution in [3.63, 3.8) is 0 Å². The number of anilines is 1. The fraction of sp³-hybridized carbons (Fsp3) is 0.553. The number of hydrogen-bond acceptors (Lipinski definition) is 11. The topological polar surface area (TPSA) is 180 Å². The highest BCUT2D eigenvalue weighted by Crippen LogP contribution is 2.17. The van der Waals surface area contributed by atoms with Crippen molar-refractivity contribution in [3.05, 3.63) is 65.2 Å². The van der Waals surface area contributed by atoms with Gasteiger partial charge in [-0.2, -0.15) is 0 Å². The molecule has 0 aliphatic heterocycles. The molecule has 2 rings (SSSR count). The first-order valence-corrected chi connectivity index (χ1v) is 18.1. The van der Waals surface area contributed by atoms with E-state index in [1.807, 2.05) is 0 Å². The van der Waals surface area contributed by atoms with Crippen molar-refractivity contribution in [2.24, 2.45) is 5.92 Å². The monoisotopic (exact) mass is 778 g/mol. The quantitative estimate of drug-likeness (QED) is 0.103. The third-order valence-electron chi connectivity index (χ3n) is 7.49. The average Bonchev–Trinajstić information content (AvgIpc) is 3.11. The van der Waals surface area contributed by atoms with Crippen LogP contribution in [0.15, 0.2) is 48.5 Å². The Bertz CT molecular complexity index is 1480. The molecule has 0 unspecified atom stereocenters. The molecule has 0 aromatic heterocycles. The summed E-state index contributed by atoms with van der Waals surface area (Å²) in [6.45, 7) is 13.0. The SMILES string of the molecule is COCCOCCOCCOCCN(Cc1ccccc1C(=O)Cl)C(=O)OCc1ccc(NC(=O)[C@H](C)NC(=O)[C@@H](NC(=O)OC(C)(C)C)C(C)C)cc1. The molecule has 4 amide bonds. The van der Waals surface area contributed by atoms with E-state index >= 15 is 0 Å². The molecule has 16 heteroatoms. The van der Waals surface area contributed by atoms with Crippen LogP contribution in [0.25, 0.3) is 0 Å². The molecule has 15 nitrogen and oxygen atoms in total. The molecule has 300 valence electrons. The van der Waals surface area contributed by atoms with Crippen LogP contribution in [0.3, 0.4) is 0 Å². The first kappa shape index (κ1) is 45.9. The van der Waals surface area contributed by atoms with Crippen LogP contribution >= 0.6 is 11.6 Å². The first-order chi connectivity index (χ1) is 25.6. The number of methoxy groups -OCH3 is 1. The fourth-order valence-electron chi connectivity index (χ4n) is 4.66. The van der Waals surface area contributed by atoms with Gasteiger partial charge in [0.25, 0.3) is 5.24 Å². The second kappa shape index (κ2) is 24.2. The standard InChI is InChI=1S/C38H55ClN4O11/c1-26(2)32(42-36(47)54-38(4,5)6)35(46)40-27(3)34(45)41-30-14-12-28(13-15-30)25-53-37(48)43(24-29-10-8-9-11-31(29)33(39)44)16-17-50-20-21-52-23-22-51-19-18-49-7/h8-15,26-27,32H,16-25H2,1-7H3,(H,40,46)(H,41,45)(H,42,47)/t27-,32-/m0/s1. The highest BCUT2D eigenvalue weighted by Gasteiger charge is 2.29. The molecule has 2 aromatic carbocycles. The third kappa shape index (κ3) is 18.2. The van der Waals surface area contributed by atoms with Crippen molar-refractivity contribution in [2.75, 3.05) is 65.2 Å². The Hall–Kier alpha value is -4.28. The van der Waals surface area contributed by atoms with Gasteiger partial charge in [-0.05, 0) is 74.5 Å². The van der Waals surface area contributed by atoms with Crippen LogP contribution in [0.1, 0.15) is 63.0 Å². The van der Waals surface area contributed by atoms with Gasteiger partial charge >= 0.3 is 12.2 Å². The molecular weight excluding hydrogens is 724 g/mol. The van der Waals surface area contributed by atoms with Crippen LogP contribution in [0.2, 0.25) is 0 Å². The van der Waals surface area contributed by atoms with Crippen molar-refractivity contribution < 1.29 is 52.4 Å². The second-order valence-electron chi connectivity index (χ2n) is 13.5. The Kier molecular flexibility index (Phi) is 20.6. The maximum absolute atomic E-state index is 13.3. The normalized spacial score (nSPS) is 12.4. The van der Waals surface area contributed by atoms with Gasteiger partial charge in [-0.1, -0.05) is 44.2 Å². The lowest BCUT2D eigenvalue weighted by atomic mass is 10.0. The van der Waals surface area contributed by atoms with Crippen LogP contribution in [0.4, 0.5) is 15.3 Å². The molecular formula is C38H55ClN4O11. The lowest BCUT2D eigenvalue weighted by molar-refractivity contribution is -0.128. The number of halogens is 1. The number of carbonyl (C=O) groups is 5. The third-order valence-corrected chi connectivity index (χ3v) is 7.69. The van der Waals surface area contributed by atoms with Gasteiger partial charge in [0.15, 0.2) is 0 Å². The van der Waals surface area contributed by atoms with Gasteiger partial charge in [-0.3, -0.25) is 14.4 Å². The van der Waals surface area contributed by atoms with Crippen molar-refractivity contribution in [1.82, 2.24) is 15.5 Å². The zero-order chi connectivity index (χ0) is 40.1. The summed E-state index contributed by atoms with van der Waals surface area (Å²) in [6.07, 6.45) is -1.37. The van der Waals surface area contributed by atoms with Crippen LogP contribution in [-0.4, -0.2) is 112 Å². The molecule has 3 N–H and O–H groups in total. The number of amides is 4. The fourth-order valence-corrected chi connectivity index (χ4v) is 4.84. The molecule has 0 heterocycles. The Morgan fingerprint density at radius 3 is 1.94 bits per heavy atom. The Morgan fingerprint density at radius 1 is 0.778 bits per heavy atom. The minimum Gasteiger partial charge on any atom is -0.445 e. The predicted octanol–water partition coefficient (Wildman–Crippen LogP) is 4.89. The summed E-state index contributed by atoms with van der Waals surface area (Å²) in [4.78, 5) is 64.8. The molecule has 0 bridgehead atoms. The van der Waals surface area contributed by atoms with E-state index in [-0.39, 0.29) is 37.8 Å². The van der Waals surface area contributed by atoms with Crippen LogP contribution in [-0.2, 0) is 51.2 Å². The Morgan fingerprint density at radius 2 is 1.37 bits per heavy atom. The largest absolute Gasteiger partial charge is 0.445 e. The van der Waals surface area contributed by atoms with Crippen molar-refractivity contribution >= 4 is 46.5 Å². The predicted molar refractivity (Wildman–Crippen MR) is 202 cm³/mol. The Balaban J connectivity index is 1.92. The molecule has 0 fully saturated rings. The number of carbonyl (C=O) groups excluding carboxylic acids is 5. The van der Waals surface area contributed by atoms with E-state index < -0.39 is 46.9 Å². The van der Waals surface area contributed by atoms with E-state index in [1.165, 1.54) is 11.8 Å². The number of alkyl carbamates (subject to hydrolysis) is 1. The molecule has 0 aliphatic carbocycles. The van der Waals surface area contributed by atoms with Crippen LogP contribution in [0.5, 0.6) is 0 Å². The van der Waals surface area contributed by atoms with E-state index in [9.17, 15) is 24.0 Å². The summed E-state index contributed by atoms with van der Waals surface area (Å²) in [5.74, 6) is -1.28. The maximum Gasteiger partial charge on any atom is 0.410 e. The summed E-state index contributed by atoms with van der Waals surface area (Å²) in [6, 6.07) is 11.5. The zero-order valence-corrected chi connectivity index (χ0v) is 33.0. The zero-order valence-electron chi connectivity index (χ0n) is 32.2. The second-order valence-corrected chi connectivity index (χ2v) is 13.9. The van der Waals surface area contributed by atoms with Gasteiger partial charge < -0.3 is 49.3 Å². The first-order valence-electron chi connectivity index (χ1n) is 17.7. The lowest BCUT2D eigenvalue weighted by Gasteiger charge is -2.26. The van der Waals surface area contributed by atoms with Gasteiger partial charge in [0.1, 0.15) is 24.3 Å². The molecule has 0 radical (unpaired) electrons. The minimum absolute atomic E-state index is 0.0564. The molecule has 0 saturated carbocycles. The Labute approximate surface area is 322 Å². The number of nitrogens with zero attached hydrogens (tertiary/aromatic N) is 1. The van der Waals surface area contributed by atoms with E-state index in [1.54, 1.807) is 90.3 Å². The highest BCUT2D eigenvalue weighted by atomic mass is 35.5. The number of hydrogen-bond donors (Lipinski definition) is 3. The summed E-state index contributed by atoms with van der Waals surface area (Å²) in [5, 5.41) is 7.30. The number of ether oxygens (including phenoxy) is 6. The lowest BCUT2D eigenvalue weighted by Crippen LogP contribution is -2.54. The molecule has 0 saturated heterocycles. The van der Waals surface area contributed by atoms with Gasteiger partial charge in [0.2, 0.25) is 11.8 Å².